The van der Waals surface area contributed by atoms with Crippen molar-refractivity contribution in [3.8, 4) is 11.5 Å². The molecule has 0 saturated carbocycles. The van der Waals surface area contributed by atoms with Gasteiger partial charge < -0.3 is 14.8 Å². The van der Waals surface area contributed by atoms with Gasteiger partial charge in [0.25, 0.3) is 0 Å². The van der Waals surface area contributed by atoms with Crippen molar-refractivity contribution < 1.29 is 9.47 Å². The fraction of sp³-hybridized carbons (Fsp3) is 0.250. The summed E-state index contributed by atoms with van der Waals surface area (Å²) in [5.41, 5.74) is 2.09. The first-order valence-electron chi connectivity index (χ1n) is 6.45. The molecule has 0 aromatic heterocycles. The molecule has 0 radical (unpaired) electrons. The van der Waals surface area contributed by atoms with Crippen molar-refractivity contribution in [2.45, 2.75) is 6.04 Å². The average Bonchev–Trinajstić information content (AvgIpc) is 2.50. The lowest BCUT2D eigenvalue weighted by Crippen LogP contribution is -2.18. The Labute approximate surface area is 138 Å². The lowest BCUT2D eigenvalue weighted by molar-refractivity contribution is 0.388. The highest BCUT2D eigenvalue weighted by Gasteiger charge is 2.20. The summed E-state index contributed by atoms with van der Waals surface area (Å²) in [6.07, 6.45) is 0. The standard InChI is InChI=1S/C16H17BrClNO2/c1-19-15(10-4-6-11(17)7-5-10)12-8-9-13(20-2)14(18)16(12)21-3/h4-9,15,19H,1-3H3. The van der Waals surface area contributed by atoms with E-state index in [-0.39, 0.29) is 6.04 Å². The zero-order valence-electron chi connectivity index (χ0n) is 12.1. The predicted octanol–water partition coefficient (Wildman–Crippen LogP) is 4.43. The second kappa shape index (κ2) is 7.16. The second-order valence-electron chi connectivity index (χ2n) is 4.48. The third-order valence-electron chi connectivity index (χ3n) is 3.32. The molecular formula is C16H17BrClNO2. The van der Waals surface area contributed by atoms with Gasteiger partial charge in [0.15, 0.2) is 0 Å². The molecule has 0 aliphatic heterocycles. The summed E-state index contributed by atoms with van der Waals surface area (Å²) in [5, 5.41) is 3.78. The Kier molecular flexibility index (Phi) is 5.51. The molecular weight excluding hydrogens is 354 g/mol. The summed E-state index contributed by atoms with van der Waals surface area (Å²) in [4.78, 5) is 0. The number of hydrogen-bond acceptors (Lipinski definition) is 3. The van der Waals surface area contributed by atoms with Crippen molar-refractivity contribution in [3.05, 3.63) is 57.0 Å². The fourth-order valence-electron chi connectivity index (χ4n) is 2.30. The molecule has 0 spiro atoms. The summed E-state index contributed by atoms with van der Waals surface area (Å²) in [5.74, 6) is 1.22. The van der Waals surface area contributed by atoms with E-state index in [0.29, 0.717) is 16.5 Å². The van der Waals surface area contributed by atoms with Gasteiger partial charge >= 0.3 is 0 Å². The van der Waals surface area contributed by atoms with Gasteiger partial charge in [0.1, 0.15) is 16.5 Å². The maximum Gasteiger partial charge on any atom is 0.146 e. The number of nitrogens with one attached hydrogen (secondary N) is 1. The Balaban J connectivity index is 2.52. The molecule has 2 aromatic rings. The number of methoxy groups -OCH3 is 2. The van der Waals surface area contributed by atoms with Crippen LogP contribution in [0.3, 0.4) is 0 Å². The molecule has 1 atom stereocenters. The summed E-state index contributed by atoms with van der Waals surface area (Å²) in [6.45, 7) is 0. The zero-order valence-corrected chi connectivity index (χ0v) is 14.5. The molecule has 0 aliphatic carbocycles. The van der Waals surface area contributed by atoms with Crippen LogP contribution in [0.5, 0.6) is 11.5 Å². The summed E-state index contributed by atoms with van der Waals surface area (Å²) >= 11 is 9.79. The minimum atomic E-state index is -0.0172. The van der Waals surface area contributed by atoms with Crippen molar-refractivity contribution in [1.29, 1.82) is 0 Å². The van der Waals surface area contributed by atoms with Gasteiger partial charge in [-0.2, -0.15) is 0 Å². The average molecular weight is 371 g/mol. The van der Waals surface area contributed by atoms with Crippen LogP contribution in [0.4, 0.5) is 0 Å². The van der Waals surface area contributed by atoms with E-state index in [9.17, 15) is 0 Å². The molecule has 1 N–H and O–H groups in total. The monoisotopic (exact) mass is 369 g/mol. The van der Waals surface area contributed by atoms with Gasteiger partial charge in [0.05, 0.1) is 20.3 Å². The summed E-state index contributed by atoms with van der Waals surface area (Å²) in [7, 11) is 5.10. The van der Waals surface area contributed by atoms with Crippen LogP contribution < -0.4 is 14.8 Å². The van der Waals surface area contributed by atoms with E-state index in [0.717, 1.165) is 15.6 Å². The molecule has 0 amide bonds. The Morgan fingerprint density at radius 3 is 2.24 bits per heavy atom. The van der Waals surface area contributed by atoms with Crippen molar-refractivity contribution in [3.63, 3.8) is 0 Å². The predicted molar refractivity (Wildman–Crippen MR) is 89.6 cm³/mol. The third-order valence-corrected chi connectivity index (χ3v) is 4.21. The molecule has 0 fully saturated rings. The maximum absolute atomic E-state index is 6.34. The van der Waals surface area contributed by atoms with E-state index in [1.807, 2.05) is 31.3 Å². The van der Waals surface area contributed by atoms with Crippen molar-refractivity contribution in [1.82, 2.24) is 5.32 Å². The number of hydrogen-bond donors (Lipinski definition) is 1. The van der Waals surface area contributed by atoms with Gasteiger partial charge in [-0.05, 0) is 36.9 Å². The smallest absolute Gasteiger partial charge is 0.146 e. The normalized spacial score (nSPS) is 12.0. The Bertz CT molecular complexity index is 616. The second-order valence-corrected chi connectivity index (χ2v) is 5.77. The Morgan fingerprint density at radius 1 is 1.05 bits per heavy atom. The SMILES string of the molecule is CNC(c1ccc(Br)cc1)c1ccc(OC)c(Cl)c1OC. The van der Waals surface area contributed by atoms with E-state index >= 15 is 0 Å². The first-order valence-corrected chi connectivity index (χ1v) is 7.62. The fourth-order valence-corrected chi connectivity index (χ4v) is 2.89. The van der Waals surface area contributed by atoms with Crippen LogP contribution in [0, 0.1) is 0 Å². The third kappa shape index (κ3) is 3.34. The molecule has 5 heteroatoms. The molecule has 0 bridgehead atoms. The summed E-state index contributed by atoms with van der Waals surface area (Å²) in [6, 6.07) is 11.9. The lowest BCUT2D eigenvalue weighted by atomic mass is 9.98. The highest BCUT2D eigenvalue weighted by Crippen LogP contribution is 2.41. The zero-order chi connectivity index (χ0) is 15.4. The molecule has 2 aromatic carbocycles. The minimum absolute atomic E-state index is 0.0172. The quantitative estimate of drug-likeness (QED) is 0.844. The van der Waals surface area contributed by atoms with Crippen LogP contribution in [0.1, 0.15) is 17.2 Å². The van der Waals surface area contributed by atoms with Gasteiger partial charge in [0.2, 0.25) is 0 Å². The van der Waals surface area contributed by atoms with Crippen molar-refractivity contribution in [2.24, 2.45) is 0 Å². The van der Waals surface area contributed by atoms with Gasteiger partial charge in [-0.25, -0.2) is 0 Å². The maximum atomic E-state index is 6.34. The highest BCUT2D eigenvalue weighted by molar-refractivity contribution is 9.10. The minimum Gasteiger partial charge on any atom is -0.495 e. The largest absolute Gasteiger partial charge is 0.495 e. The number of benzene rings is 2. The molecule has 0 heterocycles. The molecule has 0 aliphatic rings. The van der Waals surface area contributed by atoms with Crippen LogP contribution >= 0.6 is 27.5 Å². The van der Waals surface area contributed by atoms with Crippen LogP contribution in [0.15, 0.2) is 40.9 Å². The van der Waals surface area contributed by atoms with Crippen LogP contribution in [-0.4, -0.2) is 21.3 Å². The number of halogens is 2. The molecule has 3 nitrogen and oxygen atoms in total. The van der Waals surface area contributed by atoms with Crippen LogP contribution in [0.25, 0.3) is 0 Å². The first-order chi connectivity index (χ1) is 10.1. The van der Waals surface area contributed by atoms with E-state index < -0.39 is 0 Å². The number of ether oxygens (including phenoxy) is 2. The van der Waals surface area contributed by atoms with Crippen molar-refractivity contribution in [2.75, 3.05) is 21.3 Å². The van der Waals surface area contributed by atoms with Gasteiger partial charge in [-0.3, -0.25) is 0 Å². The van der Waals surface area contributed by atoms with E-state index in [4.69, 9.17) is 21.1 Å². The van der Waals surface area contributed by atoms with Gasteiger partial charge in [-0.15, -0.1) is 0 Å². The Hall–Kier alpha value is -1.23. The molecule has 0 saturated heterocycles. The molecule has 2 rings (SSSR count). The van der Waals surface area contributed by atoms with E-state index in [2.05, 4.69) is 33.4 Å². The first kappa shape index (κ1) is 16.1. The van der Waals surface area contributed by atoms with Crippen LogP contribution in [0.2, 0.25) is 5.02 Å². The van der Waals surface area contributed by atoms with Gasteiger partial charge in [-0.1, -0.05) is 39.7 Å². The lowest BCUT2D eigenvalue weighted by Gasteiger charge is -2.21. The van der Waals surface area contributed by atoms with E-state index in [1.54, 1.807) is 14.2 Å². The topological polar surface area (TPSA) is 30.5 Å². The highest BCUT2D eigenvalue weighted by atomic mass is 79.9. The molecule has 112 valence electrons. The summed E-state index contributed by atoms with van der Waals surface area (Å²) < 4.78 is 11.8. The number of rotatable bonds is 5. The molecule has 21 heavy (non-hydrogen) atoms. The van der Waals surface area contributed by atoms with E-state index in [1.165, 1.54) is 0 Å². The van der Waals surface area contributed by atoms with Crippen LogP contribution in [-0.2, 0) is 0 Å². The van der Waals surface area contributed by atoms with Gasteiger partial charge in [0, 0.05) is 10.0 Å². The van der Waals surface area contributed by atoms with Crippen molar-refractivity contribution >= 4 is 27.5 Å². The Morgan fingerprint density at radius 2 is 1.71 bits per heavy atom. The molecule has 1 unspecified atom stereocenters.